The molecule has 1 aliphatic carbocycles. The molecule has 0 amide bonds. The van der Waals surface area contributed by atoms with E-state index >= 15 is 0 Å². The van der Waals surface area contributed by atoms with Gasteiger partial charge in [-0.1, -0.05) is 18.2 Å². The molecule has 0 unspecified atom stereocenters. The lowest BCUT2D eigenvalue weighted by Crippen LogP contribution is -2.11. The fourth-order valence-electron chi connectivity index (χ4n) is 2.19. The molecule has 0 spiro atoms. The minimum atomic E-state index is 0.116. The number of amidine groups is 1. The van der Waals surface area contributed by atoms with Crippen molar-refractivity contribution in [3.05, 3.63) is 53.6 Å². The Hall–Kier alpha value is -2.10. The van der Waals surface area contributed by atoms with Crippen LogP contribution in [0.1, 0.15) is 35.7 Å². The predicted molar refractivity (Wildman–Crippen MR) is 70.8 cm³/mol. The monoisotopic (exact) mass is 240 g/mol. The first kappa shape index (κ1) is 11.0. The van der Waals surface area contributed by atoms with Crippen molar-refractivity contribution in [1.82, 2.24) is 9.55 Å². The van der Waals surface area contributed by atoms with E-state index in [-0.39, 0.29) is 5.84 Å². The van der Waals surface area contributed by atoms with Crippen molar-refractivity contribution < 1.29 is 0 Å². The van der Waals surface area contributed by atoms with Crippen LogP contribution in [0.5, 0.6) is 0 Å². The van der Waals surface area contributed by atoms with Crippen molar-refractivity contribution >= 4 is 5.84 Å². The maximum atomic E-state index is 7.46. The summed E-state index contributed by atoms with van der Waals surface area (Å²) in [5, 5.41) is 7.46. The minimum absolute atomic E-state index is 0.116. The van der Waals surface area contributed by atoms with Crippen LogP contribution in [-0.4, -0.2) is 15.4 Å². The van der Waals surface area contributed by atoms with Gasteiger partial charge in [0.25, 0.3) is 0 Å². The van der Waals surface area contributed by atoms with Crippen LogP contribution in [-0.2, 0) is 6.54 Å². The highest BCUT2D eigenvalue weighted by Gasteiger charge is 2.27. The largest absolute Gasteiger partial charge is 0.384 e. The van der Waals surface area contributed by atoms with Gasteiger partial charge in [-0.15, -0.1) is 0 Å². The molecule has 3 N–H and O–H groups in total. The van der Waals surface area contributed by atoms with Gasteiger partial charge in [0, 0.05) is 30.4 Å². The van der Waals surface area contributed by atoms with E-state index in [1.54, 1.807) is 0 Å². The fraction of sp³-hybridized carbons (Fsp3) is 0.286. The van der Waals surface area contributed by atoms with Crippen molar-refractivity contribution in [1.29, 1.82) is 5.41 Å². The van der Waals surface area contributed by atoms with E-state index in [1.165, 1.54) is 18.7 Å². The van der Waals surface area contributed by atoms with Gasteiger partial charge in [-0.3, -0.25) is 5.41 Å². The van der Waals surface area contributed by atoms with Gasteiger partial charge in [0.15, 0.2) is 0 Å². The summed E-state index contributed by atoms with van der Waals surface area (Å²) >= 11 is 0. The van der Waals surface area contributed by atoms with Crippen LogP contribution in [0.15, 0.2) is 36.7 Å². The Balaban J connectivity index is 1.85. The van der Waals surface area contributed by atoms with Gasteiger partial charge in [-0.25, -0.2) is 4.98 Å². The maximum absolute atomic E-state index is 7.46. The van der Waals surface area contributed by atoms with E-state index in [0.717, 1.165) is 17.7 Å². The number of hydrogen-bond donors (Lipinski definition) is 2. The summed E-state index contributed by atoms with van der Waals surface area (Å²) in [6.07, 6.45) is 6.39. The number of rotatable bonds is 4. The lowest BCUT2D eigenvalue weighted by molar-refractivity contribution is 0.726. The topological polar surface area (TPSA) is 67.7 Å². The second-order valence-corrected chi connectivity index (χ2v) is 4.80. The molecular formula is C14H16N4. The van der Waals surface area contributed by atoms with Crippen molar-refractivity contribution in [2.75, 3.05) is 0 Å². The lowest BCUT2D eigenvalue weighted by Gasteiger charge is -2.08. The van der Waals surface area contributed by atoms with E-state index in [9.17, 15) is 0 Å². The van der Waals surface area contributed by atoms with Gasteiger partial charge in [-0.2, -0.15) is 0 Å². The number of nitrogens with two attached hydrogens (primary N) is 1. The Morgan fingerprint density at radius 2 is 2.28 bits per heavy atom. The highest BCUT2D eigenvalue weighted by Crippen LogP contribution is 2.39. The number of imidazole rings is 1. The second kappa shape index (κ2) is 4.29. The molecule has 1 aromatic heterocycles. The predicted octanol–water partition coefficient (Wildman–Crippen LogP) is 2.09. The second-order valence-electron chi connectivity index (χ2n) is 4.80. The molecule has 2 aromatic rings. The Morgan fingerprint density at radius 1 is 1.44 bits per heavy atom. The molecule has 0 atom stereocenters. The molecule has 1 heterocycles. The first-order valence-electron chi connectivity index (χ1n) is 6.18. The molecule has 4 heteroatoms. The Labute approximate surface area is 106 Å². The van der Waals surface area contributed by atoms with E-state index < -0.39 is 0 Å². The third-order valence-corrected chi connectivity index (χ3v) is 3.28. The van der Waals surface area contributed by atoms with Crippen LogP contribution >= 0.6 is 0 Å². The zero-order valence-electron chi connectivity index (χ0n) is 10.1. The molecule has 1 saturated carbocycles. The molecule has 92 valence electrons. The third kappa shape index (κ3) is 2.14. The summed E-state index contributed by atoms with van der Waals surface area (Å²) in [6, 6.07) is 7.84. The van der Waals surface area contributed by atoms with E-state index in [4.69, 9.17) is 11.1 Å². The molecule has 4 nitrogen and oxygen atoms in total. The van der Waals surface area contributed by atoms with E-state index in [2.05, 4.69) is 15.6 Å². The highest BCUT2D eigenvalue weighted by atomic mass is 15.1. The molecule has 0 bridgehead atoms. The molecule has 0 radical (unpaired) electrons. The van der Waals surface area contributed by atoms with Crippen LogP contribution in [0, 0.1) is 5.41 Å². The van der Waals surface area contributed by atoms with Gasteiger partial charge >= 0.3 is 0 Å². The molecule has 1 fully saturated rings. The number of nitrogens with zero attached hydrogens (tertiary/aromatic N) is 2. The molecule has 18 heavy (non-hydrogen) atoms. The smallest absolute Gasteiger partial charge is 0.122 e. The fourth-order valence-corrected chi connectivity index (χ4v) is 2.19. The lowest BCUT2D eigenvalue weighted by atomic mass is 10.1. The van der Waals surface area contributed by atoms with Gasteiger partial charge in [0.2, 0.25) is 0 Å². The molecule has 1 aliphatic rings. The summed E-state index contributed by atoms with van der Waals surface area (Å²) < 4.78 is 2.19. The first-order chi connectivity index (χ1) is 8.74. The molecular weight excluding hydrogens is 224 g/mol. The zero-order chi connectivity index (χ0) is 12.5. The first-order valence-corrected chi connectivity index (χ1v) is 6.18. The van der Waals surface area contributed by atoms with Gasteiger partial charge in [0.1, 0.15) is 11.7 Å². The van der Waals surface area contributed by atoms with Crippen LogP contribution in [0.4, 0.5) is 0 Å². The van der Waals surface area contributed by atoms with Crippen molar-refractivity contribution in [3.63, 3.8) is 0 Å². The van der Waals surface area contributed by atoms with E-state index in [0.29, 0.717) is 5.92 Å². The Morgan fingerprint density at radius 3 is 3.00 bits per heavy atom. The standard InChI is InChI=1S/C14H16N4/c15-13(16)12-3-1-2-10(8-12)9-18-7-6-17-14(18)11-4-5-11/h1-3,6-8,11H,4-5,9H2,(H3,15,16). The van der Waals surface area contributed by atoms with Crippen molar-refractivity contribution in [2.24, 2.45) is 5.73 Å². The van der Waals surface area contributed by atoms with E-state index in [1.807, 2.05) is 30.6 Å². The summed E-state index contributed by atoms with van der Waals surface area (Å²) in [7, 11) is 0. The normalized spacial score (nSPS) is 14.7. The van der Waals surface area contributed by atoms with Crippen LogP contribution < -0.4 is 5.73 Å². The molecule has 3 rings (SSSR count). The molecule has 1 aromatic carbocycles. The summed E-state index contributed by atoms with van der Waals surface area (Å²) in [5.41, 5.74) is 7.44. The van der Waals surface area contributed by atoms with Crippen molar-refractivity contribution in [2.45, 2.75) is 25.3 Å². The van der Waals surface area contributed by atoms with Crippen molar-refractivity contribution in [3.8, 4) is 0 Å². The maximum Gasteiger partial charge on any atom is 0.122 e. The number of hydrogen-bond acceptors (Lipinski definition) is 2. The summed E-state index contributed by atoms with van der Waals surface area (Å²) in [6.45, 7) is 0.799. The molecule has 0 aliphatic heterocycles. The average Bonchev–Trinajstić information content (AvgIpc) is 3.11. The Bertz CT molecular complexity index is 581. The van der Waals surface area contributed by atoms with Gasteiger partial charge in [-0.05, 0) is 24.5 Å². The third-order valence-electron chi connectivity index (χ3n) is 3.28. The Kier molecular flexibility index (Phi) is 2.63. The number of nitrogen functional groups attached to an aromatic ring is 1. The van der Waals surface area contributed by atoms with Crippen LogP contribution in [0.3, 0.4) is 0 Å². The minimum Gasteiger partial charge on any atom is -0.384 e. The number of nitrogens with one attached hydrogen (secondary N) is 1. The molecule has 0 saturated heterocycles. The average molecular weight is 240 g/mol. The van der Waals surface area contributed by atoms with Crippen LogP contribution in [0.25, 0.3) is 0 Å². The zero-order valence-corrected chi connectivity index (χ0v) is 10.1. The van der Waals surface area contributed by atoms with Crippen LogP contribution in [0.2, 0.25) is 0 Å². The summed E-state index contributed by atoms with van der Waals surface area (Å²) in [4.78, 5) is 4.43. The number of aromatic nitrogens is 2. The SMILES string of the molecule is N=C(N)c1cccc(Cn2ccnc2C2CC2)c1. The highest BCUT2D eigenvalue weighted by molar-refractivity contribution is 5.95. The quantitative estimate of drug-likeness (QED) is 0.634. The summed E-state index contributed by atoms with van der Waals surface area (Å²) in [5.74, 6) is 1.95. The van der Waals surface area contributed by atoms with Gasteiger partial charge < -0.3 is 10.3 Å². The number of benzene rings is 1. The van der Waals surface area contributed by atoms with Gasteiger partial charge in [0.05, 0.1) is 0 Å².